The minimum absolute atomic E-state index is 0.373. The van der Waals surface area contributed by atoms with Crippen molar-refractivity contribution in [3.8, 4) is 0 Å². The molecule has 1 aromatic carbocycles. The molecule has 0 saturated heterocycles. The summed E-state index contributed by atoms with van der Waals surface area (Å²) in [6.45, 7) is 7.82. The summed E-state index contributed by atoms with van der Waals surface area (Å²) in [4.78, 5) is 0. The number of hydrogen-bond acceptors (Lipinski definition) is 1. The zero-order chi connectivity index (χ0) is 11.5. The normalized spacial score (nSPS) is 12.9. The molecular weight excluding hydrogens is 186 g/mol. The van der Waals surface area contributed by atoms with Gasteiger partial charge in [0.2, 0.25) is 0 Å². The first-order valence-corrected chi connectivity index (χ1v) is 5.34. The van der Waals surface area contributed by atoms with Crippen LogP contribution in [-0.2, 0) is 6.42 Å². The molecule has 0 spiro atoms. The van der Waals surface area contributed by atoms with E-state index in [4.69, 9.17) is 0 Å². The summed E-state index contributed by atoms with van der Waals surface area (Å²) in [6.07, 6.45) is 2.65. The third-order valence-corrected chi connectivity index (χ3v) is 2.29. The molecule has 82 valence electrons. The maximum Gasteiger partial charge on any atom is 0.182 e. The summed E-state index contributed by atoms with van der Waals surface area (Å²) in [6, 6.07) is 8.07. The van der Waals surface area contributed by atoms with Crippen molar-refractivity contribution in [2.75, 3.05) is 0 Å². The molecule has 0 N–H and O–H groups in total. The molecular formula is C13H19NO. The first-order chi connectivity index (χ1) is 6.93. The molecule has 0 fully saturated rings. The van der Waals surface area contributed by atoms with Gasteiger partial charge in [-0.2, -0.15) is 0 Å². The van der Waals surface area contributed by atoms with Gasteiger partial charge in [-0.15, -0.1) is 0 Å². The topological polar surface area (TPSA) is 26.1 Å². The minimum Gasteiger partial charge on any atom is -0.623 e. The minimum atomic E-state index is -0.373. The Morgan fingerprint density at radius 3 is 2.53 bits per heavy atom. The van der Waals surface area contributed by atoms with Gasteiger partial charge >= 0.3 is 0 Å². The van der Waals surface area contributed by atoms with Crippen LogP contribution in [0.25, 0.3) is 0 Å². The first-order valence-electron chi connectivity index (χ1n) is 5.34. The highest BCUT2D eigenvalue weighted by atomic mass is 16.5. The van der Waals surface area contributed by atoms with Gasteiger partial charge in [-0.1, -0.05) is 19.1 Å². The van der Waals surface area contributed by atoms with E-state index in [0.29, 0.717) is 0 Å². The predicted molar refractivity (Wildman–Crippen MR) is 64.4 cm³/mol. The van der Waals surface area contributed by atoms with Crippen LogP contribution in [-0.4, -0.2) is 16.5 Å². The molecule has 1 aromatic rings. The summed E-state index contributed by atoms with van der Waals surface area (Å²) in [5, 5.41) is 11.7. The van der Waals surface area contributed by atoms with Gasteiger partial charge in [0.25, 0.3) is 0 Å². The van der Waals surface area contributed by atoms with E-state index in [1.165, 1.54) is 5.56 Å². The predicted octanol–water partition coefficient (Wildman–Crippen LogP) is 2.98. The summed E-state index contributed by atoms with van der Waals surface area (Å²) >= 11 is 0. The van der Waals surface area contributed by atoms with Crippen LogP contribution < -0.4 is 0 Å². The summed E-state index contributed by atoms with van der Waals surface area (Å²) in [5.74, 6) is 0. The molecule has 0 aliphatic carbocycles. The Kier molecular flexibility index (Phi) is 3.51. The molecule has 0 radical (unpaired) electrons. The van der Waals surface area contributed by atoms with Crippen LogP contribution in [0.1, 0.15) is 38.8 Å². The lowest BCUT2D eigenvalue weighted by atomic mass is 10.1. The standard InChI is InChI=1S/C13H19NO/c1-5-11-7-6-8-12(9-11)10-14(15)13(2,3)4/h6-10H,5H2,1-4H3/b14-10-. The van der Waals surface area contributed by atoms with Crippen LogP contribution in [0.3, 0.4) is 0 Å². The van der Waals surface area contributed by atoms with Gasteiger partial charge in [0.05, 0.1) is 0 Å². The molecule has 2 nitrogen and oxygen atoms in total. The van der Waals surface area contributed by atoms with Crippen LogP contribution in [0, 0.1) is 5.21 Å². The monoisotopic (exact) mass is 205 g/mol. The Morgan fingerprint density at radius 2 is 2.00 bits per heavy atom. The maximum absolute atomic E-state index is 11.7. The number of hydrogen-bond donors (Lipinski definition) is 0. The number of benzene rings is 1. The van der Waals surface area contributed by atoms with E-state index in [2.05, 4.69) is 19.1 Å². The fraction of sp³-hybridized carbons (Fsp3) is 0.462. The van der Waals surface area contributed by atoms with Gasteiger partial charge in [-0.3, -0.25) is 0 Å². The second kappa shape index (κ2) is 4.47. The van der Waals surface area contributed by atoms with E-state index >= 15 is 0 Å². The highest BCUT2D eigenvalue weighted by Gasteiger charge is 2.17. The van der Waals surface area contributed by atoms with E-state index in [-0.39, 0.29) is 5.54 Å². The van der Waals surface area contributed by atoms with Crippen LogP contribution in [0.5, 0.6) is 0 Å². The van der Waals surface area contributed by atoms with Crippen LogP contribution in [0.15, 0.2) is 24.3 Å². The Hall–Kier alpha value is -1.31. The fourth-order valence-electron chi connectivity index (χ4n) is 1.22. The molecule has 1 rings (SSSR count). The van der Waals surface area contributed by atoms with E-state index < -0.39 is 0 Å². The SMILES string of the molecule is CCc1cccc(/C=[N+](\[O-])C(C)(C)C)c1. The van der Waals surface area contributed by atoms with Crippen molar-refractivity contribution in [3.05, 3.63) is 40.6 Å². The molecule has 0 unspecified atom stereocenters. The van der Waals surface area contributed by atoms with Crippen molar-refractivity contribution >= 4 is 6.21 Å². The Balaban J connectivity index is 2.98. The van der Waals surface area contributed by atoms with Crippen LogP contribution >= 0.6 is 0 Å². The number of rotatable bonds is 2. The highest BCUT2D eigenvalue weighted by molar-refractivity contribution is 5.76. The molecule has 0 aliphatic heterocycles. The molecule has 0 aromatic heterocycles. The van der Waals surface area contributed by atoms with Gasteiger partial charge in [0.1, 0.15) is 0 Å². The summed E-state index contributed by atoms with van der Waals surface area (Å²) in [7, 11) is 0. The van der Waals surface area contributed by atoms with Crippen molar-refractivity contribution in [1.29, 1.82) is 0 Å². The van der Waals surface area contributed by atoms with Crippen molar-refractivity contribution in [2.24, 2.45) is 0 Å². The molecule has 0 amide bonds. The van der Waals surface area contributed by atoms with Crippen molar-refractivity contribution in [1.82, 2.24) is 0 Å². The quantitative estimate of drug-likeness (QED) is 0.315. The zero-order valence-corrected chi connectivity index (χ0v) is 9.95. The molecule has 0 aliphatic rings. The lowest BCUT2D eigenvalue weighted by molar-refractivity contribution is -0.530. The molecule has 2 heteroatoms. The van der Waals surface area contributed by atoms with E-state index in [1.54, 1.807) is 6.21 Å². The molecule has 15 heavy (non-hydrogen) atoms. The average molecular weight is 205 g/mol. The summed E-state index contributed by atoms with van der Waals surface area (Å²) in [5.41, 5.74) is 1.85. The van der Waals surface area contributed by atoms with Gasteiger partial charge in [0, 0.05) is 26.3 Å². The number of nitrogens with zero attached hydrogens (tertiary/aromatic N) is 1. The Labute approximate surface area is 91.8 Å². The molecule has 0 bridgehead atoms. The lowest BCUT2D eigenvalue weighted by Gasteiger charge is -2.18. The largest absolute Gasteiger partial charge is 0.623 e. The Bertz CT molecular complexity index is 361. The van der Waals surface area contributed by atoms with Gasteiger partial charge in [-0.05, 0) is 24.1 Å². The smallest absolute Gasteiger partial charge is 0.182 e. The lowest BCUT2D eigenvalue weighted by Crippen LogP contribution is -2.29. The van der Waals surface area contributed by atoms with Crippen molar-refractivity contribution in [3.63, 3.8) is 0 Å². The first kappa shape index (κ1) is 11.8. The summed E-state index contributed by atoms with van der Waals surface area (Å²) < 4.78 is 1.00. The Morgan fingerprint density at radius 1 is 1.33 bits per heavy atom. The van der Waals surface area contributed by atoms with Crippen LogP contribution in [0.2, 0.25) is 0 Å². The zero-order valence-electron chi connectivity index (χ0n) is 9.95. The third-order valence-electron chi connectivity index (χ3n) is 2.29. The molecule has 0 atom stereocenters. The van der Waals surface area contributed by atoms with E-state index in [0.717, 1.165) is 16.7 Å². The second-order valence-electron chi connectivity index (χ2n) is 4.72. The average Bonchev–Trinajstić information content (AvgIpc) is 2.16. The molecule has 0 saturated carbocycles. The van der Waals surface area contributed by atoms with Gasteiger partial charge in [-0.25, -0.2) is 4.74 Å². The maximum atomic E-state index is 11.7. The van der Waals surface area contributed by atoms with Crippen molar-refractivity contribution < 1.29 is 4.74 Å². The van der Waals surface area contributed by atoms with Crippen molar-refractivity contribution in [2.45, 2.75) is 39.7 Å². The fourth-order valence-corrected chi connectivity index (χ4v) is 1.22. The van der Waals surface area contributed by atoms with Gasteiger partial charge < -0.3 is 5.21 Å². The number of hydroxylamine groups is 1. The highest BCUT2D eigenvalue weighted by Crippen LogP contribution is 2.08. The van der Waals surface area contributed by atoms with Crippen LogP contribution in [0.4, 0.5) is 0 Å². The number of aryl methyl sites for hydroxylation is 1. The van der Waals surface area contributed by atoms with E-state index in [1.807, 2.05) is 32.9 Å². The third kappa shape index (κ3) is 3.39. The second-order valence-corrected chi connectivity index (χ2v) is 4.72. The molecule has 0 heterocycles. The van der Waals surface area contributed by atoms with E-state index in [9.17, 15) is 5.21 Å². The van der Waals surface area contributed by atoms with Gasteiger partial charge in [0.15, 0.2) is 11.8 Å².